The van der Waals surface area contributed by atoms with E-state index in [9.17, 15) is 14.4 Å². The summed E-state index contributed by atoms with van der Waals surface area (Å²) >= 11 is 15.4. The number of hydrogen-bond donors (Lipinski definition) is 3. The van der Waals surface area contributed by atoms with E-state index in [1.54, 1.807) is 48.5 Å². The fraction of sp³-hybridized carbons (Fsp3) is 0.0417. The van der Waals surface area contributed by atoms with Crippen LogP contribution < -0.4 is 16.1 Å². The molecule has 3 amide bonds. The number of aromatic nitrogens is 1. The van der Waals surface area contributed by atoms with Gasteiger partial charge < -0.3 is 10.6 Å². The maximum absolute atomic E-state index is 13.1. The molecule has 0 fully saturated rings. The standard InChI is InChI=1S/C24H17BrCl2N4O3/c1-13-4-2-3-5-19(13)29-23(33)24(34)30-31-20-9-6-15(25)10-14(20)11-21(31)22(32)28-16-7-8-17(26)18(27)12-16/h2-12H,1H3,(H,28,32)(H,29,33)(H,30,34). The van der Waals surface area contributed by atoms with Crippen molar-refractivity contribution in [1.29, 1.82) is 0 Å². The van der Waals surface area contributed by atoms with Crippen molar-refractivity contribution in [2.75, 3.05) is 16.1 Å². The first-order valence-corrected chi connectivity index (χ1v) is 11.5. The summed E-state index contributed by atoms with van der Waals surface area (Å²) in [6, 6.07) is 18.6. The SMILES string of the molecule is Cc1ccccc1NC(=O)C(=O)Nn1c(C(=O)Nc2ccc(Cl)c(Cl)c2)cc2cc(Br)ccc21. The van der Waals surface area contributed by atoms with Crippen LogP contribution in [0.3, 0.4) is 0 Å². The van der Waals surface area contributed by atoms with E-state index in [1.165, 1.54) is 10.7 Å². The molecule has 0 spiro atoms. The summed E-state index contributed by atoms with van der Waals surface area (Å²) in [5, 5.41) is 6.61. The average molecular weight is 560 g/mol. The third kappa shape index (κ3) is 5.09. The maximum atomic E-state index is 13.1. The van der Waals surface area contributed by atoms with Gasteiger partial charge in [-0.05, 0) is 61.0 Å². The van der Waals surface area contributed by atoms with Gasteiger partial charge in [-0.25, -0.2) is 4.68 Å². The van der Waals surface area contributed by atoms with Gasteiger partial charge in [0.1, 0.15) is 5.69 Å². The van der Waals surface area contributed by atoms with E-state index in [1.807, 2.05) is 19.1 Å². The van der Waals surface area contributed by atoms with E-state index < -0.39 is 17.7 Å². The van der Waals surface area contributed by atoms with E-state index in [4.69, 9.17) is 23.2 Å². The third-order valence-corrected chi connectivity index (χ3v) is 6.22. The normalized spacial score (nSPS) is 10.7. The van der Waals surface area contributed by atoms with Crippen LogP contribution in [0, 0.1) is 6.92 Å². The van der Waals surface area contributed by atoms with Gasteiger partial charge in [-0.2, -0.15) is 0 Å². The van der Waals surface area contributed by atoms with Crippen molar-refractivity contribution in [2.24, 2.45) is 0 Å². The molecule has 0 unspecified atom stereocenters. The van der Waals surface area contributed by atoms with Crippen LogP contribution in [0.15, 0.2) is 71.2 Å². The number of amides is 3. The lowest BCUT2D eigenvalue weighted by molar-refractivity contribution is -0.133. The van der Waals surface area contributed by atoms with E-state index in [2.05, 4.69) is 32.0 Å². The summed E-state index contributed by atoms with van der Waals surface area (Å²) in [6.45, 7) is 1.82. The zero-order valence-corrected chi connectivity index (χ0v) is 20.8. The molecule has 3 aromatic carbocycles. The van der Waals surface area contributed by atoms with Crippen molar-refractivity contribution >= 4 is 79.1 Å². The fourth-order valence-electron chi connectivity index (χ4n) is 3.29. The first kappa shape index (κ1) is 23.8. The number of carbonyl (C=O) groups excluding carboxylic acids is 3. The second-order valence-corrected chi connectivity index (χ2v) is 9.09. The monoisotopic (exact) mass is 558 g/mol. The molecule has 10 heteroatoms. The summed E-state index contributed by atoms with van der Waals surface area (Å²) in [7, 11) is 0. The number of benzene rings is 3. The number of carbonyl (C=O) groups is 3. The van der Waals surface area contributed by atoms with E-state index in [0.29, 0.717) is 27.3 Å². The van der Waals surface area contributed by atoms with Crippen LogP contribution in [0.2, 0.25) is 10.0 Å². The van der Waals surface area contributed by atoms with Crippen LogP contribution in [0.5, 0.6) is 0 Å². The smallest absolute Gasteiger partial charge is 0.321 e. The van der Waals surface area contributed by atoms with Crippen molar-refractivity contribution in [2.45, 2.75) is 6.92 Å². The molecule has 0 atom stereocenters. The first-order chi connectivity index (χ1) is 16.2. The van der Waals surface area contributed by atoms with Gasteiger partial charge in [0.05, 0.1) is 15.6 Å². The largest absolute Gasteiger partial charge is 0.328 e. The Hall–Kier alpha value is -3.33. The van der Waals surface area contributed by atoms with E-state index >= 15 is 0 Å². The molecule has 0 bridgehead atoms. The second-order valence-electron chi connectivity index (χ2n) is 7.36. The predicted molar refractivity (Wildman–Crippen MR) is 138 cm³/mol. The van der Waals surface area contributed by atoms with E-state index in [0.717, 1.165) is 10.0 Å². The summed E-state index contributed by atoms with van der Waals surface area (Å²) in [6.07, 6.45) is 0. The Bertz CT molecular complexity index is 1450. The van der Waals surface area contributed by atoms with Gasteiger partial charge in [0.25, 0.3) is 5.91 Å². The molecule has 3 N–H and O–H groups in total. The fourth-order valence-corrected chi connectivity index (χ4v) is 3.96. The van der Waals surface area contributed by atoms with Gasteiger partial charge in [0.15, 0.2) is 0 Å². The third-order valence-electron chi connectivity index (χ3n) is 4.99. The van der Waals surface area contributed by atoms with E-state index in [-0.39, 0.29) is 10.7 Å². The van der Waals surface area contributed by atoms with Crippen molar-refractivity contribution < 1.29 is 14.4 Å². The minimum atomic E-state index is -0.938. The lowest BCUT2D eigenvalue weighted by atomic mass is 10.2. The molecule has 0 saturated heterocycles. The molecule has 0 saturated carbocycles. The highest BCUT2D eigenvalue weighted by Gasteiger charge is 2.21. The van der Waals surface area contributed by atoms with Crippen molar-refractivity contribution in [3.63, 3.8) is 0 Å². The van der Waals surface area contributed by atoms with Crippen LogP contribution in [0.1, 0.15) is 16.1 Å². The number of nitrogens with zero attached hydrogens (tertiary/aromatic N) is 1. The van der Waals surface area contributed by atoms with Crippen LogP contribution >= 0.6 is 39.1 Å². The molecule has 4 rings (SSSR count). The van der Waals surface area contributed by atoms with Gasteiger partial charge in [0, 0.05) is 21.2 Å². The van der Waals surface area contributed by atoms with Gasteiger partial charge in [-0.15, -0.1) is 0 Å². The lowest BCUT2D eigenvalue weighted by Crippen LogP contribution is -2.36. The van der Waals surface area contributed by atoms with Crippen molar-refractivity contribution in [3.8, 4) is 0 Å². The molecule has 34 heavy (non-hydrogen) atoms. The molecular formula is C24H17BrCl2N4O3. The number of rotatable bonds is 4. The summed E-state index contributed by atoms with van der Waals surface area (Å²) in [5.74, 6) is -2.33. The Labute approximate surface area is 213 Å². The number of hydrogen-bond acceptors (Lipinski definition) is 3. The van der Waals surface area contributed by atoms with Crippen LogP contribution in [-0.2, 0) is 9.59 Å². The summed E-state index contributed by atoms with van der Waals surface area (Å²) in [5.41, 5.74) is 4.90. The Balaban J connectivity index is 1.64. The Morgan fingerprint density at radius 1 is 0.853 bits per heavy atom. The van der Waals surface area contributed by atoms with Gasteiger partial charge in [0.2, 0.25) is 0 Å². The number of para-hydroxylation sites is 1. The number of fused-ring (bicyclic) bond motifs is 1. The molecule has 0 aliphatic heterocycles. The minimum Gasteiger partial charge on any atom is -0.321 e. The molecule has 0 radical (unpaired) electrons. The average Bonchev–Trinajstić information content (AvgIpc) is 3.15. The van der Waals surface area contributed by atoms with Crippen LogP contribution in [-0.4, -0.2) is 22.4 Å². The number of aryl methyl sites for hydroxylation is 1. The predicted octanol–water partition coefficient (Wildman–Crippen LogP) is 5.98. The molecule has 1 aromatic heterocycles. The molecule has 0 aliphatic carbocycles. The Kier molecular flexibility index (Phi) is 6.92. The lowest BCUT2D eigenvalue weighted by Gasteiger charge is -2.13. The van der Waals surface area contributed by atoms with Crippen LogP contribution in [0.4, 0.5) is 11.4 Å². The molecule has 7 nitrogen and oxygen atoms in total. The maximum Gasteiger partial charge on any atom is 0.328 e. The Morgan fingerprint density at radius 2 is 1.62 bits per heavy atom. The molecule has 0 aliphatic rings. The summed E-state index contributed by atoms with van der Waals surface area (Å²) < 4.78 is 2.06. The number of anilines is 2. The Morgan fingerprint density at radius 3 is 2.35 bits per heavy atom. The van der Waals surface area contributed by atoms with Crippen molar-refractivity contribution in [3.05, 3.63) is 92.5 Å². The molecular weight excluding hydrogens is 543 g/mol. The topological polar surface area (TPSA) is 92.2 Å². The zero-order valence-electron chi connectivity index (χ0n) is 17.7. The highest BCUT2D eigenvalue weighted by molar-refractivity contribution is 9.10. The molecule has 4 aromatic rings. The molecule has 1 heterocycles. The molecule has 172 valence electrons. The van der Waals surface area contributed by atoms with Gasteiger partial charge >= 0.3 is 11.8 Å². The highest BCUT2D eigenvalue weighted by atomic mass is 79.9. The quantitative estimate of drug-likeness (QED) is 0.268. The second kappa shape index (κ2) is 9.89. The van der Waals surface area contributed by atoms with Gasteiger partial charge in [-0.3, -0.25) is 19.8 Å². The highest BCUT2D eigenvalue weighted by Crippen LogP contribution is 2.27. The minimum absolute atomic E-state index is 0.108. The number of nitrogens with one attached hydrogen (secondary N) is 3. The number of halogens is 3. The van der Waals surface area contributed by atoms with Crippen LogP contribution in [0.25, 0.3) is 10.9 Å². The summed E-state index contributed by atoms with van der Waals surface area (Å²) in [4.78, 5) is 38.4. The van der Waals surface area contributed by atoms with Crippen molar-refractivity contribution in [1.82, 2.24) is 4.68 Å². The van der Waals surface area contributed by atoms with Gasteiger partial charge in [-0.1, -0.05) is 57.3 Å². The first-order valence-electron chi connectivity index (χ1n) is 9.98. The zero-order chi connectivity index (χ0) is 24.4.